The Morgan fingerprint density at radius 2 is 2.00 bits per heavy atom. The van der Waals surface area contributed by atoms with Crippen molar-refractivity contribution < 1.29 is 17.9 Å². The first kappa shape index (κ1) is 18.7. The predicted octanol–water partition coefficient (Wildman–Crippen LogP) is 0.980. The average Bonchev–Trinajstić information content (AvgIpc) is 2.58. The second kappa shape index (κ2) is 7.96. The molecule has 0 saturated heterocycles. The smallest absolute Gasteiger partial charge is 0.255 e. The summed E-state index contributed by atoms with van der Waals surface area (Å²) in [5, 5.41) is 8.07. The fraction of sp³-hybridized carbons (Fsp3) is 0.562. The van der Waals surface area contributed by atoms with E-state index in [4.69, 9.17) is 15.6 Å². The zero-order valence-electron chi connectivity index (χ0n) is 13.8. The highest BCUT2D eigenvalue weighted by Gasteiger charge is 2.26. The van der Waals surface area contributed by atoms with E-state index in [0.29, 0.717) is 18.2 Å². The minimum Gasteiger partial charge on any atom is -0.496 e. The van der Waals surface area contributed by atoms with Crippen molar-refractivity contribution >= 4 is 15.9 Å². The van der Waals surface area contributed by atoms with E-state index in [2.05, 4.69) is 5.32 Å². The van der Waals surface area contributed by atoms with Crippen LogP contribution in [0.2, 0.25) is 0 Å². The number of sulfonamides is 1. The zero-order valence-corrected chi connectivity index (χ0v) is 14.6. The van der Waals surface area contributed by atoms with Gasteiger partial charge in [-0.05, 0) is 37.0 Å². The Morgan fingerprint density at radius 1 is 1.33 bits per heavy atom. The van der Waals surface area contributed by atoms with Gasteiger partial charge in [0.05, 0.1) is 17.6 Å². The van der Waals surface area contributed by atoms with Crippen LogP contribution in [0, 0.1) is 5.92 Å². The number of hydrogen-bond acceptors (Lipinski definition) is 5. The molecule has 0 spiro atoms. The summed E-state index contributed by atoms with van der Waals surface area (Å²) < 4.78 is 28.2. The molecule has 2 rings (SSSR count). The molecule has 1 unspecified atom stereocenters. The van der Waals surface area contributed by atoms with Crippen molar-refractivity contribution in [1.29, 1.82) is 0 Å². The Bertz CT molecular complexity index is 685. The van der Waals surface area contributed by atoms with Gasteiger partial charge in [-0.25, -0.2) is 13.6 Å². The molecule has 0 radical (unpaired) electrons. The number of nitrogens with two attached hydrogens (primary N) is 2. The first-order chi connectivity index (χ1) is 11.4. The van der Waals surface area contributed by atoms with E-state index in [1.165, 1.54) is 31.7 Å². The van der Waals surface area contributed by atoms with Crippen molar-refractivity contribution in [3.05, 3.63) is 23.8 Å². The first-order valence-corrected chi connectivity index (χ1v) is 9.63. The third kappa shape index (κ3) is 4.46. The van der Waals surface area contributed by atoms with E-state index < -0.39 is 15.9 Å². The molecular weight excluding hydrogens is 330 g/mol. The Kier molecular flexibility index (Phi) is 6.20. The monoisotopic (exact) mass is 355 g/mol. The normalized spacial score (nSPS) is 17.3. The van der Waals surface area contributed by atoms with Crippen LogP contribution < -0.4 is 20.9 Å². The quantitative estimate of drug-likeness (QED) is 0.701. The van der Waals surface area contributed by atoms with E-state index in [1.807, 2.05) is 0 Å². The van der Waals surface area contributed by atoms with Crippen LogP contribution in [0.1, 0.15) is 42.5 Å². The fourth-order valence-corrected chi connectivity index (χ4v) is 3.73. The van der Waals surface area contributed by atoms with Crippen LogP contribution in [-0.2, 0) is 10.0 Å². The van der Waals surface area contributed by atoms with Crippen LogP contribution in [0.15, 0.2) is 23.1 Å². The minimum absolute atomic E-state index is 0.129. The molecule has 0 aromatic heterocycles. The Morgan fingerprint density at radius 3 is 2.54 bits per heavy atom. The van der Waals surface area contributed by atoms with E-state index >= 15 is 0 Å². The number of hydrogen-bond donors (Lipinski definition) is 3. The van der Waals surface area contributed by atoms with Crippen molar-refractivity contribution in [2.24, 2.45) is 16.8 Å². The third-order valence-corrected chi connectivity index (χ3v) is 5.44. The molecule has 5 N–H and O–H groups in total. The minimum atomic E-state index is -3.90. The predicted molar refractivity (Wildman–Crippen MR) is 91.3 cm³/mol. The van der Waals surface area contributed by atoms with E-state index in [-0.39, 0.29) is 16.5 Å². The average molecular weight is 355 g/mol. The van der Waals surface area contributed by atoms with E-state index in [1.54, 1.807) is 0 Å². The second-order valence-electron chi connectivity index (χ2n) is 6.12. The summed E-state index contributed by atoms with van der Waals surface area (Å²) in [4.78, 5) is 12.5. The molecule has 1 atom stereocenters. The maximum absolute atomic E-state index is 12.6. The van der Waals surface area contributed by atoms with Gasteiger partial charge >= 0.3 is 0 Å². The lowest BCUT2D eigenvalue weighted by molar-refractivity contribution is 0.0912. The lowest BCUT2D eigenvalue weighted by Crippen LogP contribution is -2.46. The van der Waals surface area contributed by atoms with Gasteiger partial charge in [0.25, 0.3) is 5.91 Å². The van der Waals surface area contributed by atoms with Gasteiger partial charge in [0, 0.05) is 12.6 Å². The number of rotatable bonds is 6. The van der Waals surface area contributed by atoms with Crippen LogP contribution in [0.5, 0.6) is 5.75 Å². The summed E-state index contributed by atoms with van der Waals surface area (Å²) in [6.07, 6.45) is 5.57. The molecule has 0 heterocycles. The van der Waals surface area contributed by atoms with Crippen LogP contribution in [-0.4, -0.2) is 34.0 Å². The molecule has 0 bridgehead atoms. The van der Waals surface area contributed by atoms with E-state index in [0.717, 1.165) is 25.7 Å². The van der Waals surface area contributed by atoms with Gasteiger partial charge in [0.15, 0.2) is 0 Å². The second-order valence-corrected chi connectivity index (χ2v) is 7.68. The van der Waals surface area contributed by atoms with Gasteiger partial charge in [-0.2, -0.15) is 0 Å². The molecule has 0 aliphatic heterocycles. The summed E-state index contributed by atoms with van der Waals surface area (Å²) >= 11 is 0. The molecule has 1 saturated carbocycles. The maximum Gasteiger partial charge on any atom is 0.255 e. The van der Waals surface area contributed by atoms with Gasteiger partial charge in [0.2, 0.25) is 10.0 Å². The highest BCUT2D eigenvalue weighted by Crippen LogP contribution is 2.27. The highest BCUT2D eigenvalue weighted by molar-refractivity contribution is 7.89. The Hall–Kier alpha value is -1.64. The summed E-state index contributed by atoms with van der Waals surface area (Å²) in [5.74, 6) is 0.234. The van der Waals surface area contributed by atoms with Crippen LogP contribution in [0.4, 0.5) is 0 Å². The number of nitrogens with one attached hydrogen (secondary N) is 1. The van der Waals surface area contributed by atoms with E-state index in [9.17, 15) is 13.2 Å². The number of methoxy groups -OCH3 is 1. The third-order valence-electron chi connectivity index (χ3n) is 4.53. The molecule has 7 nitrogen and oxygen atoms in total. The molecule has 1 aromatic carbocycles. The van der Waals surface area contributed by atoms with Gasteiger partial charge in [0.1, 0.15) is 5.75 Å². The van der Waals surface area contributed by atoms with Gasteiger partial charge < -0.3 is 15.8 Å². The van der Waals surface area contributed by atoms with Crippen molar-refractivity contribution in [3.8, 4) is 5.75 Å². The van der Waals surface area contributed by atoms with Gasteiger partial charge in [-0.15, -0.1) is 0 Å². The number of benzene rings is 1. The largest absolute Gasteiger partial charge is 0.496 e. The number of primary sulfonamides is 1. The summed E-state index contributed by atoms with van der Waals surface area (Å²) in [6.45, 7) is 0.341. The number of amides is 1. The molecular formula is C16H25N3O4S. The highest BCUT2D eigenvalue weighted by atomic mass is 32.2. The SMILES string of the molecule is COc1ccc(S(N)(=O)=O)cc1C(=O)NC(CN)C1CCCCC1. The number of carbonyl (C=O) groups is 1. The lowest BCUT2D eigenvalue weighted by Gasteiger charge is -2.30. The van der Waals surface area contributed by atoms with Crippen LogP contribution in [0.25, 0.3) is 0 Å². The molecule has 1 aromatic rings. The number of carbonyl (C=O) groups excluding carboxylic acids is 1. The summed E-state index contributed by atoms with van der Waals surface area (Å²) in [7, 11) is -2.48. The Balaban J connectivity index is 2.23. The topological polar surface area (TPSA) is 125 Å². The standard InChI is InChI=1S/C16H25N3O4S/c1-23-15-8-7-12(24(18,21)22)9-13(15)16(20)19-14(10-17)11-5-3-2-4-6-11/h7-9,11,14H,2-6,10,17H2,1H3,(H,19,20)(H2,18,21,22). The van der Waals surface area contributed by atoms with Crippen molar-refractivity contribution in [1.82, 2.24) is 5.32 Å². The van der Waals surface area contributed by atoms with Crippen LogP contribution in [0.3, 0.4) is 0 Å². The fourth-order valence-electron chi connectivity index (χ4n) is 3.19. The molecule has 24 heavy (non-hydrogen) atoms. The zero-order chi connectivity index (χ0) is 17.7. The summed E-state index contributed by atoms with van der Waals surface area (Å²) in [6, 6.07) is 3.83. The van der Waals surface area contributed by atoms with Crippen molar-refractivity contribution in [2.75, 3.05) is 13.7 Å². The van der Waals surface area contributed by atoms with Gasteiger partial charge in [-0.3, -0.25) is 4.79 Å². The Labute approximate surface area is 142 Å². The van der Waals surface area contributed by atoms with Crippen molar-refractivity contribution in [3.63, 3.8) is 0 Å². The van der Waals surface area contributed by atoms with Crippen molar-refractivity contribution in [2.45, 2.75) is 43.0 Å². The molecule has 1 aliphatic carbocycles. The lowest BCUT2D eigenvalue weighted by atomic mass is 9.84. The molecule has 8 heteroatoms. The summed E-state index contributed by atoms with van der Waals surface area (Å²) in [5.41, 5.74) is 5.98. The molecule has 1 aliphatic rings. The maximum atomic E-state index is 12.6. The van der Waals surface area contributed by atoms with Crippen LogP contribution >= 0.6 is 0 Å². The molecule has 1 fully saturated rings. The molecule has 1 amide bonds. The van der Waals surface area contributed by atoms with Gasteiger partial charge in [-0.1, -0.05) is 19.3 Å². The first-order valence-electron chi connectivity index (χ1n) is 8.08. The number of ether oxygens (including phenoxy) is 1. The molecule has 134 valence electrons.